The number of nitrogens with one attached hydrogen (secondary N) is 1. The topological polar surface area (TPSA) is 48.3 Å². The van der Waals surface area contributed by atoms with Crippen LogP contribution in [-0.4, -0.2) is 45.8 Å². The summed E-state index contributed by atoms with van der Waals surface area (Å²) in [6.07, 6.45) is 0.965. The van der Waals surface area contributed by atoms with Crippen LogP contribution in [0.5, 0.6) is 0 Å². The Morgan fingerprint density at radius 2 is 2.05 bits per heavy atom. The number of nitriles is 1. The van der Waals surface area contributed by atoms with Gasteiger partial charge in [0, 0.05) is 26.8 Å². The van der Waals surface area contributed by atoms with Gasteiger partial charge in [0.05, 0.1) is 6.07 Å². The summed E-state index contributed by atoms with van der Waals surface area (Å²) >= 11 is 0. The molecule has 104 valence electrons. The maximum atomic E-state index is 9.59. The van der Waals surface area contributed by atoms with E-state index in [9.17, 15) is 5.26 Å². The fourth-order valence-corrected chi connectivity index (χ4v) is 2.16. The quantitative estimate of drug-likeness (QED) is 0.722. The molecule has 4 heteroatoms. The van der Waals surface area contributed by atoms with E-state index >= 15 is 0 Å². The standard InChI is InChI=1S/C15H23N3O/c1-17-15(12-16,14-8-5-4-6-9-14)13-18(2)10-7-11-19-3/h4-6,8-9,17H,7,10-11,13H2,1-3H3. The molecular weight excluding hydrogens is 238 g/mol. The third-order valence-corrected chi connectivity index (χ3v) is 3.28. The first-order valence-electron chi connectivity index (χ1n) is 6.51. The molecule has 1 atom stereocenters. The molecule has 0 aromatic heterocycles. The van der Waals surface area contributed by atoms with Crippen molar-refractivity contribution in [1.29, 1.82) is 5.26 Å². The summed E-state index contributed by atoms with van der Waals surface area (Å²) in [6, 6.07) is 12.3. The van der Waals surface area contributed by atoms with Gasteiger partial charge in [0.25, 0.3) is 0 Å². The second-order valence-electron chi connectivity index (χ2n) is 4.72. The number of ether oxygens (including phenoxy) is 1. The SMILES string of the molecule is CNC(C#N)(CN(C)CCCOC)c1ccccc1. The lowest BCUT2D eigenvalue weighted by Crippen LogP contribution is -2.48. The third kappa shape index (κ3) is 4.32. The summed E-state index contributed by atoms with van der Waals surface area (Å²) in [6.45, 7) is 2.30. The van der Waals surface area contributed by atoms with Gasteiger partial charge in [0.2, 0.25) is 0 Å². The first kappa shape index (κ1) is 15.6. The molecule has 0 radical (unpaired) electrons. The van der Waals surface area contributed by atoms with Gasteiger partial charge in [-0.05, 0) is 26.1 Å². The van der Waals surface area contributed by atoms with Crippen molar-refractivity contribution in [2.75, 3.05) is 40.9 Å². The number of rotatable bonds is 8. The van der Waals surface area contributed by atoms with Crippen molar-refractivity contribution in [2.45, 2.75) is 12.0 Å². The molecule has 1 unspecified atom stereocenters. The van der Waals surface area contributed by atoms with Crippen LogP contribution in [0.4, 0.5) is 0 Å². The lowest BCUT2D eigenvalue weighted by atomic mass is 9.91. The van der Waals surface area contributed by atoms with Gasteiger partial charge in [-0.15, -0.1) is 0 Å². The van der Waals surface area contributed by atoms with Crippen LogP contribution in [0.2, 0.25) is 0 Å². The molecule has 0 fully saturated rings. The number of methoxy groups -OCH3 is 1. The van der Waals surface area contributed by atoms with Crippen LogP contribution in [0, 0.1) is 11.3 Å². The van der Waals surface area contributed by atoms with Crippen LogP contribution in [-0.2, 0) is 10.3 Å². The van der Waals surface area contributed by atoms with E-state index in [1.165, 1.54) is 0 Å². The van der Waals surface area contributed by atoms with Gasteiger partial charge in [0.1, 0.15) is 5.54 Å². The first-order chi connectivity index (χ1) is 9.18. The highest BCUT2D eigenvalue weighted by Gasteiger charge is 2.31. The van der Waals surface area contributed by atoms with E-state index in [0.29, 0.717) is 6.54 Å². The second-order valence-corrected chi connectivity index (χ2v) is 4.72. The number of hydrogen-bond donors (Lipinski definition) is 1. The average Bonchev–Trinajstić information content (AvgIpc) is 2.46. The molecule has 19 heavy (non-hydrogen) atoms. The second kappa shape index (κ2) is 7.90. The van der Waals surface area contributed by atoms with Crippen molar-refractivity contribution in [3.63, 3.8) is 0 Å². The zero-order chi connectivity index (χ0) is 14.1. The summed E-state index contributed by atoms with van der Waals surface area (Å²) in [5.74, 6) is 0. The Balaban J connectivity index is 2.75. The first-order valence-corrected chi connectivity index (χ1v) is 6.51. The number of nitrogens with zero attached hydrogens (tertiary/aromatic N) is 2. The van der Waals surface area contributed by atoms with E-state index < -0.39 is 5.54 Å². The Hall–Kier alpha value is -1.41. The molecule has 1 aromatic carbocycles. The van der Waals surface area contributed by atoms with Gasteiger partial charge in [-0.3, -0.25) is 5.32 Å². The Kier molecular flexibility index (Phi) is 6.51. The average molecular weight is 261 g/mol. The lowest BCUT2D eigenvalue weighted by Gasteiger charge is -2.31. The summed E-state index contributed by atoms with van der Waals surface area (Å²) in [5.41, 5.74) is 0.335. The molecule has 0 amide bonds. The van der Waals surface area contributed by atoms with Crippen molar-refractivity contribution in [2.24, 2.45) is 0 Å². The monoisotopic (exact) mass is 261 g/mol. The van der Waals surface area contributed by atoms with Crippen molar-refractivity contribution >= 4 is 0 Å². The molecular formula is C15H23N3O. The molecule has 1 rings (SSSR count). The Morgan fingerprint density at radius 3 is 2.58 bits per heavy atom. The van der Waals surface area contributed by atoms with Gasteiger partial charge in [-0.2, -0.15) is 5.26 Å². The summed E-state index contributed by atoms with van der Waals surface area (Å²) in [7, 11) is 5.57. The minimum Gasteiger partial charge on any atom is -0.385 e. The molecule has 1 aromatic rings. The van der Waals surface area contributed by atoms with Crippen LogP contribution >= 0.6 is 0 Å². The van der Waals surface area contributed by atoms with E-state index in [1.807, 2.05) is 44.4 Å². The van der Waals surface area contributed by atoms with Crippen molar-refractivity contribution in [3.05, 3.63) is 35.9 Å². The Bertz CT molecular complexity index is 402. The molecule has 0 heterocycles. The fraction of sp³-hybridized carbons (Fsp3) is 0.533. The van der Waals surface area contributed by atoms with Gasteiger partial charge in [-0.1, -0.05) is 30.3 Å². The van der Waals surface area contributed by atoms with Crippen LogP contribution in [0.25, 0.3) is 0 Å². The van der Waals surface area contributed by atoms with E-state index in [-0.39, 0.29) is 0 Å². The number of benzene rings is 1. The largest absolute Gasteiger partial charge is 0.385 e. The van der Waals surface area contributed by atoms with Crippen LogP contribution in [0.3, 0.4) is 0 Å². The highest BCUT2D eigenvalue weighted by Crippen LogP contribution is 2.21. The fourth-order valence-electron chi connectivity index (χ4n) is 2.16. The minimum atomic E-state index is -0.664. The minimum absolute atomic E-state index is 0.647. The molecule has 0 aliphatic heterocycles. The lowest BCUT2D eigenvalue weighted by molar-refractivity contribution is 0.172. The molecule has 0 saturated heterocycles. The van der Waals surface area contributed by atoms with Gasteiger partial charge in [-0.25, -0.2) is 0 Å². The smallest absolute Gasteiger partial charge is 0.144 e. The highest BCUT2D eigenvalue weighted by molar-refractivity contribution is 5.31. The van der Waals surface area contributed by atoms with Crippen LogP contribution in [0.1, 0.15) is 12.0 Å². The maximum absolute atomic E-state index is 9.59. The molecule has 4 nitrogen and oxygen atoms in total. The van der Waals surface area contributed by atoms with Crippen molar-refractivity contribution in [1.82, 2.24) is 10.2 Å². The number of likely N-dealkylation sites (N-methyl/N-ethyl adjacent to an activating group) is 2. The zero-order valence-corrected chi connectivity index (χ0v) is 12.0. The molecule has 0 aliphatic rings. The molecule has 0 aliphatic carbocycles. The molecule has 1 N–H and O–H groups in total. The van der Waals surface area contributed by atoms with E-state index in [2.05, 4.69) is 16.3 Å². The molecule has 0 bridgehead atoms. The number of hydrogen-bond acceptors (Lipinski definition) is 4. The van der Waals surface area contributed by atoms with E-state index in [0.717, 1.165) is 25.1 Å². The summed E-state index contributed by atoms with van der Waals surface area (Å²) < 4.78 is 5.05. The summed E-state index contributed by atoms with van der Waals surface area (Å²) in [4.78, 5) is 2.16. The molecule has 0 spiro atoms. The van der Waals surface area contributed by atoms with Crippen LogP contribution < -0.4 is 5.32 Å². The Labute approximate surface area is 116 Å². The zero-order valence-electron chi connectivity index (χ0n) is 12.0. The predicted molar refractivity (Wildman–Crippen MR) is 76.8 cm³/mol. The van der Waals surface area contributed by atoms with E-state index in [4.69, 9.17) is 4.74 Å². The van der Waals surface area contributed by atoms with E-state index in [1.54, 1.807) is 7.11 Å². The molecule has 0 saturated carbocycles. The third-order valence-electron chi connectivity index (χ3n) is 3.28. The van der Waals surface area contributed by atoms with Crippen molar-refractivity contribution in [3.8, 4) is 6.07 Å². The van der Waals surface area contributed by atoms with Gasteiger partial charge < -0.3 is 9.64 Å². The van der Waals surface area contributed by atoms with Crippen LogP contribution in [0.15, 0.2) is 30.3 Å². The van der Waals surface area contributed by atoms with Crippen molar-refractivity contribution < 1.29 is 4.74 Å². The predicted octanol–water partition coefficient (Wildman–Crippen LogP) is 1.59. The Morgan fingerprint density at radius 1 is 1.37 bits per heavy atom. The van der Waals surface area contributed by atoms with Gasteiger partial charge in [0.15, 0.2) is 0 Å². The van der Waals surface area contributed by atoms with Gasteiger partial charge >= 0.3 is 0 Å². The maximum Gasteiger partial charge on any atom is 0.144 e. The highest BCUT2D eigenvalue weighted by atomic mass is 16.5. The normalized spacial score (nSPS) is 14.1. The summed E-state index contributed by atoms with van der Waals surface area (Å²) in [5, 5.41) is 12.8.